The summed E-state index contributed by atoms with van der Waals surface area (Å²) in [6.07, 6.45) is 1.43. The Morgan fingerprint density at radius 1 is 0.814 bits per heavy atom. The van der Waals surface area contributed by atoms with Crippen LogP contribution in [-0.2, 0) is 16.1 Å². The van der Waals surface area contributed by atoms with Crippen molar-refractivity contribution in [2.75, 3.05) is 38.8 Å². The summed E-state index contributed by atoms with van der Waals surface area (Å²) in [4.78, 5) is 2.07. The normalized spacial score (nSPS) is 15.4. The Labute approximate surface area is 251 Å². The number of halogens is 2. The highest BCUT2D eigenvalue weighted by Crippen LogP contribution is 2.44. The third-order valence-corrected chi connectivity index (χ3v) is 8.31. The topological polar surface area (TPSA) is 40.2 Å². The summed E-state index contributed by atoms with van der Waals surface area (Å²) in [5.41, 5.74) is 4.88. The Balaban J connectivity index is 1.32. The number of hydrogen-bond donors (Lipinski definition) is 0. The fraction of sp³-hybridized carbons (Fsp3) is 0.278. The zero-order valence-electron chi connectivity index (χ0n) is 24.4. The molecule has 1 saturated heterocycles. The highest BCUT2D eigenvalue weighted by molar-refractivity contribution is 6.02. The van der Waals surface area contributed by atoms with Crippen LogP contribution in [0.15, 0.2) is 91.0 Å². The van der Waals surface area contributed by atoms with Crippen LogP contribution in [0.2, 0.25) is 0 Å². The van der Waals surface area contributed by atoms with Crippen LogP contribution in [0.3, 0.4) is 0 Å². The number of methoxy groups -OCH3 is 2. The molecule has 43 heavy (non-hydrogen) atoms. The van der Waals surface area contributed by atoms with E-state index in [0.717, 1.165) is 29.5 Å². The number of hydrogen-bond acceptors (Lipinski definition) is 5. The van der Waals surface area contributed by atoms with Gasteiger partial charge in [-0.3, -0.25) is 0 Å². The minimum absolute atomic E-state index is 0.141. The number of benzene rings is 4. The molecule has 222 valence electrons. The molecule has 4 aromatic carbocycles. The van der Waals surface area contributed by atoms with E-state index in [-0.39, 0.29) is 30.4 Å². The largest absolute Gasteiger partial charge is 0.489 e. The van der Waals surface area contributed by atoms with Crippen molar-refractivity contribution < 1.29 is 27.7 Å². The van der Waals surface area contributed by atoms with E-state index in [1.807, 2.05) is 60.7 Å². The maximum Gasteiger partial charge on any atom is 0.159 e. The molecular weight excluding hydrogens is 548 g/mol. The SMILES string of the molecule is COC(OC)C1CCN(c2ccc(C3=C(c4ccccc4F)COc4cc(OCc5ccccc5)ccc43)cc2F)CC1. The number of nitrogens with zero attached hydrogens (tertiary/aromatic N) is 1. The fourth-order valence-corrected chi connectivity index (χ4v) is 6.10. The molecule has 0 unspecified atom stereocenters. The number of ether oxygens (including phenoxy) is 4. The van der Waals surface area contributed by atoms with Crippen molar-refractivity contribution >= 4 is 16.8 Å². The maximum atomic E-state index is 15.8. The fourth-order valence-electron chi connectivity index (χ4n) is 6.10. The van der Waals surface area contributed by atoms with Gasteiger partial charge in [0.25, 0.3) is 0 Å². The highest BCUT2D eigenvalue weighted by atomic mass is 19.1. The summed E-state index contributed by atoms with van der Waals surface area (Å²) in [6, 6.07) is 27.5. The predicted molar refractivity (Wildman–Crippen MR) is 164 cm³/mol. The van der Waals surface area contributed by atoms with Crippen LogP contribution >= 0.6 is 0 Å². The lowest BCUT2D eigenvalue weighted by atomic mass is 9.87. The lowest BCUT2D eigenvalue weighted by Gasteiger charge is -2.36. The molecule has 1 fully saturated rings. The van der Waals surface area contributed by atoms with Gasteiger partial charge in [0.2, 0.25) is 0 Å². The second-order valence-corrected chi connectivity index (χ2v) is 10.9. The average molecular weight is 584 g/mol. The minimum Gasteiger partial charge on any atom is -0.489 e. The molecule has 0 N–H and O–H groups in total. The summed E-state index contributed by atoms with van der Waals surface area (Å²) in [5, 5.41) is 0. The maximum absolute atomic E-state index is 15.8. The first-order valence-corrected chi connectivity index (χ1v) is 14.6. The highest BCUT2D eigenvalue weighted by Gasteiger charge is 2.29. The summed E-state index contributed by atoms with van der Waals surface area (Å²) < 4.78 is 54.0. The van der Waals surface area contributed by atoms with E-state index in [4.69, 9.17) is 18.9 Å². The summed E-state index contributed by atoms with van der Waals surface area (Å²) >= 11 is 0. The van der Waals surface area contributed by atoms with Crippen molar-refractivity contribution in [3.63, 3.8) is 0 Å². The van der Waals surface area contributed by atoms with E-state index in [1.165, 1.54) is 6.07 Å². The molecule has 0 bridgehead atoms. The third-order valence-electron chi connectivity index (χ3n) is 8.31. The van der Waals surface area contributed by atoms with Crippen LogP contribution in [0, 0.1) is 17.6 Å². The Hall–Kier alpha value is -4.20. The molecule has 2 aliphatic rings. The predicted octanol–water partition coefficient (Wildman–Crippen LogP) is 7.73. The van der Waals surface area contributed by atoms with Crippen LogP contribution < -0.4 is 14.4 Å². The molecule has 0 atom stereocenters. The van der Waals surface area contributed by atoms with Gasteiger partial charge in [-0.05, 0) is 54.3 Å². The van der Waals surface area contributed by atoms with Gasteiger partial charge in [0, 0.05) is 61.6 Å². The molecule has 2 aliphatic heterocycles. The van der Waals surface area contributed by atoms with Crippen molar-refractivity contribution in [2.24, 2.45) is 5.92 Å². The van der Waals surface area contributed by atoms with Crippen LogP contribution in [0.25, 0.3) is 11.1 Å². The summed E-state index contributed by atoms with van der Waals surface area (Å²) in [7, 11) is 3.30. The van der Waals surface area contributed by atoms with Crippen molar-refractivity contribution in [2.45, 2.75) is 25.7 Å². The van der Waals surface area contributed by atoms with Crippen molar-refractivity contribution in [3.05, 3.63) is 125 Å². The first-order chi connectivity index (χ1) is 21.1. The lowest BCUT2D eigenvalue weighted by molar-refractivity contribution is -0.141. The molecule has 7 heteroatoms. The molecule has 0 radical (unpaired) electrons. The van der Waals surface area contributed by atoms with Gasteiger partial charge in [0.15, 0.2) is 6.29 Å². The molecular formula is C36H35F2NO4. The third kappa shape index (κ3) is 6.14. The van der Waals surface area contributed by atoms with Gasteiger partial charge in [-0.2, -0.15) is 0 Å². The molecule has 0 saturated carbocycles. The number of fused-ring (bicyclic) bond motifs is 1. The van der Waals surface area contributed by atoms with Gasteiger partial charge in [-0.25, -0.2) is 8.78 Å². The molecule has 0 amide bonds. The minimum atomic E-state index is -0.352. The number of rotatable bonds is 9. The monoisotopic (exact) mass is 583 g/mol. The Kier molecular flexibility index (Phi) is 8.72. The number of anilines is 1. The van der Waals surface area contributed by atoms with Gasteiger partial charge in [0.05, 0.1) is 5.69 Å². The van der Waals surface area contributed by atoms with E-state index < -0.39 is 0 Å². The first kappa shape index (κ1) is 28.9. The quantitative estimate of drug-likeness (QED) is 0.189. The van der Waals surface area contributed by atoms with Crippen LogP contribution in [-0.4, -0.2) is 40.2 Å². The lowest BCUT2D eigenvalue weighted by Crippen LogP contribution is -2.39. The molecule has 4 aromatic rings. The van der Waals surface area contributed by atoms with Gasteiger partial charge in [0.1, 0.15) is 36.3 Å². The molecule has 0 spiro atoms. The van der Waals surface area contributed by atoms with Gasteiger partial charge in [-0.1, -0.05) is 54.6 Å². The van der Waals surface area contributed by atoms with Gasteiger partial charge < -0.3 is 23.8 Å². The van der Waals surface area contributed by atoms with E-state index in [1.54, 1.807) is 38.5 Å². The van der Waals surface area contributed by atoms with Crippen molar-refractivity contribution in [1.29, 1.82) is 0 Å². The summed E-state index contributed by atoms with van der Waals surface area (Å²) in [6.45, 7) is 1.97. The Morgan fingerprint density at radius 2 is 1.56 bits per heavy atom. The standard InChI is InChI=1S/C36H35F2NO4/c1-40-36(41-2)25-16-18-39(19-17-25)33-15-12-26(20-32(33)38)35-29-14-13-27(42-22-24-8-4-3-5-9-24)21-34(29)43-23-30(35)28-10-6-7-11-31(28)37/h3-15,20-21,25,36H,16-19,22-23H2,1-2H3. The Bertz CT molecular complexity index is 1590. The van der Waals surface area contributed by atoms with Gasteiger partial charge >= 0.3 is 0 Å². The van der Waals surface area contributed by atoms with Gasteiger partial charge in [-0.15, -0.1) is 0 Å². The second-order valence-electron chi connectivity index (χ2n) is 10.9. The van der Waals surface area contributed by atoms with Crippen LogP contribution in [0.4, 0.5) is 14.5 Å². The Morgan fingerprint density at radius 3 is 2.28 bits per heavy atom. The van der Waals surface area contributed by atoms with Crippen molar-refractivity contribution in [1.82, 2.24) is 0 Å². The molecule has 0 aromatic heterocycles. The zero-order chi connectivity index (χ0) is 29.8. The molecule has 2 heterocycles. The van der Waals surface area contributed by atoms with Crippen molar-refractivity contribution in [3.8, 4) is 11.5 Å². The summed E-state index contributed by atoms with van der Waals surface area (Å²) in [5.74, 6) is 0.864. The van der Waals surface area contributed by atoms with Crippen LogP contribution in [0.1, 0.15) is 35.1 Å². The van der Waals surface area contributed by atoms with E-state index in [2.05, 4.69) is 4.90 Å². The van der Waals surface area contributed by atoms with E-state index in [0.29, 0.717) is 53.6 Å². The molecule has 5 nitrogen and oxygen atoms in total. The smallest absolute Gasteiger partial charge is 0.159 e. The first-order valence-electron chi connectivity index (χ1n) is 14.6. The second kappa shape index (κ2) is 13.0. The van der Waals surface area contributed by atoms with Crippen LogP contribution in [0.5, 0.6) is 11.5 Å². The molecule has 0 aliphatic carbocycles. The average Bonchev–Trinajstić information content (AvgIpc) is 3.05. The van der Waals surface area contributed by atoms with E-state index in [9.17, 15) is 0 Å². The molecule has 6 rings (SSSR count). The zero-order valence-corrected chi connectivity index (χ0v) is 24.4. The number of piperidine rings is 1. The van der Waals surface area contributed by atoms with E-state index >= 15 is 8.78 Å².